The minimum atomic E-state index is -4.82. The number of rotatable bonds is 4. The number of alkyl halides is 3. The number of allylic oxidation sites excluding steroid dienone is 2. The fourth-order valence-corrected chi connectivity index (χ4v) is 3.49. The van der Waals surface area contributed by atoms with Gasteiger partial charge < -0.3 is 4.74 Å². The molecule has 0 radical (unpaired) electrons. The third kappa shape index (κ3) is 6.59. The van der Waals surface area contributed by atoms with Gasteiger partial charge in [-0.25, -0.2) is 4.79 Å². The van der Waals surface area contributed by atoms with E-state index in [0.29, 0.717) is 6.08 Å². The summed E-state index contributed by atoms with van der Waals surface area (Å²) in [4.78, 5) is 24.7. The molecule has 2 rings (SSSR count). The van der Waals surface area contributed by atoms with E-state index in [0.717, 1.165) is 12.1 Å². The van der Waals surface area contributed by atoms with Gasteiger partial charge in [-0.05, 0) is 78.7 Å². The van der Waals surface area contributed by atoms with Crippen LogP contribution in [0.4, 0.5) is 13.2 Å². The molecule has 0 bridgehead atoms. The second-order valence-corrected chi connectivity index (χ2v) is 9.00. The maximum absolute atomic E-state index is 13.6. The van der Waals surface area contributed by atoms with Gasteiger partial charge in [0.15, 0.2) is 5.78 Å². The summed E-state index contributed by atoms with van der Waals surface area (Å²) in [6.07, 6.45) is -4.35. The Kier molecular flexibility index (Phi) is 7.43. The van der Waals surface area contributed by atoms with Crippen LogP contribution in [-0.4, -0.2) is 23.5 Å². The van der Waals surface area contributed by atoms with Crippen LogP contribution in [0.3, 0.4) is 0 Å². The van der Waals surface area contributed by atoms with E-state index in [9.17, 15) is 22.8 Å². The lowest BCUT2D eigenvalue weighted by Crippen LogP contribution is -2.24. The quantitative estimate of drug-likeness (QED) is 0.236. The van der Waals surface area contributed by atoms with Gasteiger partial charge in [0.1, 0.15) is 5.60 Å². The molecule has 0 spiro atoms. The zero-order chi connectivity index (χ0) is 22.9. The zero-order valence-electron chi connectivity index (χ0n) is 16.0. The van der Waals surface area contributed by atoms with Crippen LogP contribution >= 0.6 is 39.1 Å². The Hall–Kier alpha value is -1.83. The fourth-order valence-electron chi connectivity index (χ4n) is 2.42. The first-order valence-corrected chi connectivity index (χ1v) is 10.0. The molecular weight excluding hydrogens is 508 g/mol. The van der Waals surface area contributed by atoms with Crippen LogP contribution in [0.15, 0.2) is 46.9 Å². The molecule has 2 aromatic carbocycles. The standard InChI is InChI=1S/C21H16BrCl2F3O3/c1-20(2,3)30-19(29)15-5-4-11(8-17(15)22)18(28)10-16(21(25,26)27)12-6-13(23)9-14(24)7-12/h4-10H,1-3H3. The van der Waals surface area contributed by atoms with E-state index in [1.807, 2.05) is 0 Å². The smallest absolute Gasteiger partial charge is 0.417 e. The maximum Gasteiger partial charge on any atom is 0.417 e. The van der Waals surface area contributed by atoms with E-state index in [-0.39, 0.29) is 31.2 Å². The first-order chi connectivity index (χ1) is 13.7. The largest absolute Gasteiger partial charge is 0.456 e. The van der Waals surface area contributed by atoms with Gasteiger partial charge in [0.05, 0.1) is 11.1 Å². The summed E-state index contributed by atoms with van der Waals surface area (Å²) in [6, 6.07) is 7.25. The van der Waals surface area contributed by atoms with E-state index >= 15 is 0 Å². The summed E-state index contributed by atoms with van der Waals surface area (Å²) in [7, 11) is 0. The molecule has 9 heteroatoms. The Morgan fingerprint density at radius 1 is 0.967 bits per heavy atom. The van der Waals surface area contributed by atoms with Crippen LogP contribution < -0.4 is 0 Å². The monoisotopic (exact) mass is 522 g/mol. The Morgan fingerprint density at radius 3 is 2.00 bits per heavy atom. The summed E-state index contributed by atoms with van der Waals surface area (Å²) in [6.45, 7) is 5.09. The van der Waals surface area contributed by atoms with Gasteiger partial charge in [-0.1, -0.05) is 29.3 Å². The van der Waals surface area contributed by atoms with E-state index in [1.54, 1.807) is 20.8 Å². The first kappa shape index (κ1) is 24.4. The topological polar surface area (TPSA) is 43.4 Å². The second-order valence-electron chi connectivity index (χ2n) is 7.27. The highest BCUT2D eigenvalue weighted by Crippen LogP contribution is 2.36. The van der Waals surface area contributed by atoms with Crippen molar-refractivity contribution >= 4 is 56.5 Å². The van der Waals surface area contributed by atoms with Crippen molar-refractivity contribution in [2.45, 2.75) is 32.5 Å². The number of hydrogen-bond acceptors (Lipinski definition) is 3. The second kappa shape index (κ2) is 9.12. The maximum atomic E-state index is 13.6. The molecule has 3 nitrogen and oxygen atoms in total. The molecule has 0 heterocycles. The highest BCUT2D eigenvalue weighted by atomic mass is 79.9. The highest BCUT2D eigenvalue weighted by molar-refractivity contribution is 9.10. The number of benzene rings is 2. The lowest BCUT2D eigenvalue weighted by atomic mass is 10.0. The average molecular weight is 524 g/mol. The molecule has 30 heavy (non-hydrogen) atoms. The van der Waals surface area contributed by atoms with Crippen LogP contribution in [-0.2, 0) is 4.74 Å². The van der Waals surface area contributed by atoms with Crippen molar-refractivity contribution in [3.05, 3.63) is 73.7 Å². The highest BCUT2D eigenvalue weighted by Gasteiger charge is 2.35. The van der Waals surface area contributed by atoms with Crippen molar-refractivity contribution in [2.24, 2.45) is 0 Å². The molecule has 0 aliphatic heterocycles. The fraction of sp³-hybridized carbons (Fsp3) is 0.238. The molecule has 0 saturated carbocycles. The lowest BCUT2D eigenvalue weighted by Gasteiger charge is -2.20. The molecule has 0 N–H and O–H groups in total. The van der Waals surface area contributed by atoms with Gasteiger partial charge in [0.25, 0.3) is 0 Å². The van der Waals surface area contributed by atoms with Gasteiger partial charge in [0, 0.05) is 20.1 Å². The molecule has 0 aromatic heterocycles. The van der Waals surface area contributed by atoms with Crippen LogP contribution in [0.1, 0.15) is 47.1 Å². The summed E-state index contributed by atoms with van der Waals surface area (Å²) >= 11 is 14.8. The average Bonchev–Trinajstić information content (AvgIpc) is 2.55. The Balaban J connectivity index is 2.43. The van der Waals surface area contributed by atoms with E-state index < -0.39 is 29.1 Å². The molecule has 0 aliphatic carbocycles. The number of esters is 1. The van der Waals surface area contributed by atoms with Gasteiger partial charge >= 0.3 is 12.1 Å². The Labute approximate surface area is 189 Å². The predicted molar refractivity (Wildman–Crippen MR) is 114 cm³/mol. The number of ketones is 1. The molecule has 0 amide bonds. The Bertz CT molecular complexity index is 1000. The lowest BCUT2D eigenvalue weighted by molar-refractivity contribution is -0.0689. The number of ether oxygens (including phenoxy) is 1. The van der Waals surface area contributed by atoms with Crippen molar-refractivity contribution in [3.8, 4) is 0 Å². The predicted octanol–water partition coefficient (Wildman–Crippen LogP) is 7.54. The van der Waals surface area contributed by atoms with Crippen molar-refractivity contribution in [1.82, 2.24) is 0 Å². The molecule has 2 aromatic rings. The summed E-state index contributed by atoms with van der Waals surface area (Å²) in [5.41, 5.74) is -2.16. The Morgan fingerprint density at radius 2 is 1.53 bits per heavy atom. The molecule has 0 unspecified atom stereocenters. The molecule has 0 aliphatic rings. The third-order valence-corrected chi connectivity index (χ3v) is 4.72. The van der Waals surface area contributed by atoms with Gasteiger partial charge in [-0.15, -0.1) is 0 Å². The molecule has 0 saturated heterocycles. The minimum Gasteiger partial charge on any atom is -0.456 e. The van der Waals surface area contributed by atoms with Gasteiger partial charge in [-0.3, -0.25) is 4.79 Å². The van der Waals surface area contributed by atoms with Gasteiger partial charge in [0.2, 0.25) is 0 Å². The third-order valence-electron chi connectivity index (χ3n) is 3.63. The molecular formula is C21H16BrCl2F3O3. The van der Waals surface area contributed by atoms with Crippen LogP contribution in [0.5, 0.6) is 0 Å². The van der Waals surface area contributed by atoms with E-state index in [1.165, 1.54) is 24.3 Å². The SMILES string of the molecule is CC(C)(C)OC(=O)c1ccc(C(=O)C=C(c2cc(Cl)cc(Cl)c2)C(F)(F)F)cc1Br. The number of carbonyl (C=O) groups excluding carboxylic acids is 2. The van der Waals surface area contributed by atoms with Crippen LogP contribution in [0.2, 0.25) is 10.0 Å². The van der Waals surface area contributed by atoms with Crippen LogP contribution in [0.25, 0.3) is 5.57 Å². The van der Waals surface area contributed by atoms with Crippen molar-refractivity contribution in [1.29, 1.82) is 0 Å². The summed E-state index contributed by atoms with van der Waals surface area (Å²) in [5.74, 6) is -1.54. The molecule has 0 atom stereocenters. The zero-order valence-corrected chi connectivity index (χ0v) is 19.1. The minimum absolute atomic E-state index is 0.00422. The normalized spacial score (nSPS) is 12.6. The summed E-state index contributed by atoms with van der Waals surface area (Å²) < 4.78 is 46.2. The van der Waals surface area contributed by atoms with Gasteiger partial charge in [-0.2, -0.15) is 13.2 Å². The van der Waals surface area contributed by atoms with E-state index in [2.05, 4.69) is 15.9 Å². The molecule has 0 fully saturated rings. The van der Waals surface area contributed by atoms with Crippen LogP contribution in [0, 0.1) is 0 Å². The number of halogens is 6. The summed E-state index contributed by atoms with van der Waals surface area (Å²) in [5, 5.41) is 0.00844. The number of hydrogen-bond donors (Lipinski definition) is 0. The van der Waals surface area contributed by atoms with Crippen molar-refractivity contribution in [3.63, 3.8) is 0 Å². The van der Waals surface area contributed by atoms with Crippen molar-refractivity contribution < 1.29 is 27.5 Å². The first-order valence-electron chi connectivity index (χ1n) is 8.50. The number of carbonyl (C=O) groups is 2. The molecule has 160 valence electrons. The van der Waals surface area contributed by atoms with E-state index in [4.69, 9.17) is 27.9 Å². The van der Waals surface area contributed by atoms with Crippen molar-refractivity contribution in [2.75, 3.05) is 0 Å².